The molecule has 0 amide bonds. The van der Waals surface area contributed by atoms with E-state index in [1.165, 1.54) is 0 Å². The summed E-state index contributed by atoms with van der Waals surface area (Å²) in [6, 6.07) is 9.79. The summed E-state index contributed by atoms with van der Waals surface area (Å²) < 4.78 is 10.5. The fraction of sp³-hybridized carbons (Fsp3) is 0.357. The van der Waals surface area contributed by atoms with Gasteiger partial charge in [0.25, 0.3) is 0 Å². The number of benzene rings is 1. The molecule has 0 saturated carbocycles. The average Bonchev–Trinajstić information content (AvgIpc) is 2.44. The van der Waals surface area contributed by atoms with E-state index in [1.807, 2.05) is 37.3 Å². The summed E-state index contributed by atoms with van der Waals surface area (Å²) in [4.78, 5) is 4.47. The number of ether oxygens (including phenoxy) is 2. The zero-order valence-corrected chi connectivity index (χ0v) is 11.4. The van der Waals surface area contributed by atoms with Crippen LogP contribution >= 0.6 is 0 Å². The molecule has 2 rings (SSSR count). The standard InChI is InChI=1S/C14H19N3O2/c1-9-4-5-10-8-11(6-7-12(10)16-9)13(17-15)14(18-2)19-3/h4-8,13-14,17H,15H2,1-3H3. The second-order valence-corrected chi connectivity index (χ2v) is 4.39. The molecule has 0 spiro atoms. The Labute approximate surface area is 112 Å². The van der Waals surface area contributed by atoms with Gasteiger partial charge in [0.2, 0.25) is 0 Å². The molecule has 1 heterocycles. The Bertz CT molecular complexity index is 555. The van der Waals surface area contributed by atoms with Crippen molar-refractivity contribution in [2.75, 3.05) is 14.2 Å². The van der Waals surface area contributed by atoms with E-state index in [9.17, 15) is 0 Å². The summed E-state index contributed by atoms with van der Waals surface area (Å²) in [6.07, 6.45) is -0.444. The number of hydrogen-bond acceptors (Lipinski definition) is 5. The lowest BCUT2D eigenvalue weighted by molar-refractivity contribution is -0.124. The number of nitrogens with zero attached hydrogens (tertiary/aromatic N) is 1. The van der Waals surface area contributed by atoms with Gasteiger partial charge in [-0.3, -0.25) is 10.8 Å². The SMILES string of the molecule is COC(OC)C(NN)c1ccc2nc(C)ccc2c1. The first-order chi connectivity index (χ1) is 9.19. The number of methoxy groups -OCH3 is 2. The molecule has 0 aliphatic rings. The first kappa shape index (κ1) is 13.9. The summed E-state index contributed by atoms with van der Waals surface area (Å²) in [6.45, 7) is 1.98. The molecule has 5 heteroatoms. The smallest absolute Gasteiger partial charge is 0.177 e. The molecule has 0 aliphatic carbocycles. The molecular weight excluding hydrogens is 242 g/mol. The zero-order chi connectivity index (χ0) is 13.8. The maximum Gasteiger partial charge on any atom is 0.177 e. The van der Waals surface area contributed by atoms with E-state index < -0.39 is 6.29 Å². The van der Waals surface area contributed by atoms with Gasteiger partial charge in [-0.15, -0.1) is 0 Å². The maximum absolute atomic E-state index is 5.60. The van der Waals surface area contributed by atoms with Gasteiger partial charge in [0.15, 0.2) is 6.29 Å². The summed E-state index contributed by atoms with van der Waals surface area (Å²) in [7, 11) is 3.18. The van der Waals surface area contributed by atoms with Crippen molar-refractivity contribution in [1.82, 2.24) is 10.4 Å². The summed E-state index contributed by atoms with van der Waals surface area (Å²) in [5.41, 5.74) is 5.68. The number of aryl methyl sites for hydroxylation is 1. The van der Waals surface area contributed by atoms with E-state index in [0.29, 0.717) is 0 Å². The molecular formula is C14H19N3O2. The van der Waals surface area contributed by atoms with Crippen LogP contribution in [-0.2, 0) is 9.47 Å². The van der Waals surface area contributed by atoms with Crippen molar-refractivity contribution >= 4 is 10.9 Å². The Balaban J connectivity index is 2.41. The lowest BCUT2D eigenvalue weighted by Gasteiger charge is -2.24. The van der Waals surface area contributed by atoms with E-state index in [-0.39, 0.29) is 6.04 Å². The van der Waals surface area contributed by atoms with Crippen molar-refractivity contribution in [1.29, 1.82) is 0 Å². The Morgan fingerprint density at radius 1 is 1.16 bits per heavy atom. The Kier molecular flexibility index (Phi) is 4.44. The number of nitrogens with one attached hydrogen (secondary N) is 1. The lowest BCUT2D eigenvalue weighted by Crippen LogP contribution is -2.38. The number of hydrogen-bond donors (Lipinski definition) is 2. The molecule has 0 bridgehead atoms. The van der Waals surface area contributed by atoms with E-state index in [2.05, 4.69) is 10.4 Å². The van der Waals surface area contributed by atoms with Gasteiger partial charge < -0.3 is 9.47 Å². The van der Waals surface area contributed by atoms with Crippen LogP contribution in [0.1, 0.15) is 17.3 Å². The van der Waals surface area contributed by atoms with Crippen molar-refractivity contribution in [2.45, 2.75) is 19.3 Å². The molecule has 0 saturated heterocycles. The molecule has 0 radical (unpaired) electrons. The highest BCUT2D eigenvalue weighted by molar-refractivity contribution is 5.79. The van der Waals surface area contributed by atoms with Gasteiger partial charge in [-0.2, -0.15) is 0 Å². The minimum absolute atomic E-state index is 0.235. The third-order valence-corrected chi connectivity index (χ3v) is 3.13. The maximum atomic E-state index is 5.60. The van der Waals surface area contributed by atoms with Crippen LogP contribution in [-0.4, -0.2) is 25.5 Å². The Hall–Kier alpha value is -1.53. The second-order valence-electron chi connectivity index (χ2n) is 4.39. The number of fused-ring (bicyclic) bond motifs is 1. The number of aromatic nitrogens is 1. The first-order valence-electron chi connectivity index (χ1n) is 6.08. The van der Waals surface area contributed by atoms with Gasteiger partial charge in [-0.25, -0.2) is 5.43 Å². The van der Waals surface area contributed by atoms with Crippen LogP contribution in [0.5, 0.6) is 0 Å². The van der Waals surface area contributed by atoms with Gasteiger partial charge in [0.05, 0.1) is 11.6 Å². The lowest BCUT2D eigenvalue weighted by atomic mass is 10.0. The third kappa shape index (κ3) is 2.90. The van der Waals surface area contributed by atoms with Crippen molar-refractivity contribution in [3.63, 3.8) is 0 Å². The predicted octanol–water partition coefficient (Wildman–Crippen LogP) is 1.67. The van der Waals surface area contributed by atoms with Crippen molar-refractivity contribution in [3.8, 4) is 0 Å². The second kappa shape index (κ2) is 6.08. The zero-order valence-electron chi connectivity index (χ0n) is 11.4. The van der Waals surface area contributed by atoms with Crippen LogP contribution in [0.3, 0.4) is 0 Å². The highest BCUT2D eigenvalue weighted by atomic mass is 16.7. The topological polar surface area (TPSA) is 69.4 Å². The fourth-order valence-corrected chi connectivity index (χ4v) is 2.14. The molecule has 0 fully saturated rings. The van der Waals surface area contributed by atoms with Gasteiger partial charge >= 0.3 is 0 Å². The molecule has 2 aromatic rings. The van der Waals surface area contributed by atoms with Crippen LogP contribution in [0.15, 0.2) is 30.3 Å². The normalized spacial score (nSPS) is 13.1. The largest absolute Gasteiger partial charge is 0.354 e. The van der Waals surface area contributed by atoms with E-state index in [1.54, 1.807) is 14.2 Å². The van der Waals surface area contributed by atoms with E-state index in [4.69, 9.17) is 15.3 Å². The molecule has 3 N–H and O–H groups in total. The minimum atomic E-state index is -0.444. The van der Waals surface area contributed by atoms with Crippen LogP contribution in [0.2, 0.25) is 0 Å². The van der Waals surface area contributed by atoms with Crippen LogP contribution in [0.4, 0.5) is 0 Å². The summed E-state index contributed by atoms with van der Waals surface area (Å²) in [5, 5.41) is 1.06. The van der Waals surface area contributed by atoms with E-state index >= 15 is 0 Å². The quantitative estimate of drug-likeness (QED) is 0.487. The van der Waals surface area contributed by atoms with Crippen molar-refractivity contribution in [3.05, 3.63) is 41.6 Å². The molecule has 0 aliphatic heterocycles. The van der Waals surface area contributed by atoms with Crippen LogP contribution in [0, 0.1) is 6.92 Å². The molecule has 102 valence electrons. The van der Waals surface area contributed by atoms with Crippen LogP contribution in [0.25, 0.3) is 10.9 Å². The predicted molar refractivity (Wildman–Crippen MR) is 74.4 cm³/mol. The van der Waals surface area contributed by atoms with Crippen molar-refractivity contribution < 1.29 is 9.47 Å². The third-order valence-electron chi connectivity index (χ3n) is 3.13. The molecule has 1 atom stereocenters. The summed E-state index contributed by atoms with van der Waals surface area (Å²) >= 11 is 0. The van der Waals surface area contributed by atoms with Gasteiger partial charge in [0, 0.05) is 25.3 Å². The summed E-state index contributed by atoms with van der Waals surface area (Å²) in [5.74, 6) is 5.60. The number of hydrazine groups is 1. The van der Waals surface area contributed by atoms with Crippen LogP contribution < -0.4 is 11.3 Å². The van der Waals surface area contributed by atoms with Gasteiger partial charge in [-0.05, 0) is 30.7 Å². The number of rotatable bonds is 5. The highest BCUT2D eigenvalue weighted by Crippen LogP contribution is 2.23. The van der Waals surface area contributed by atoms with E-state index in [0.717, 1.165) is 22.2 Å². The number of pyridine rings is 1. The molecule has 5 nitrogen and oxygen atoms in total. The van der Waals surface area contributed by atoms with Crippen molar-refractivity contribution in [2.24, 2.45) is 5.84 Å². The fourth-order valence-electron chi connectivity index (χ4n) is 2.14. The monoisotopic (exact) mass is 261 g/mol. The Morgan fingerprint density at radius 2 is 1.89 bits per heavy atom. The highest BCUT2D eigenvalue weighted by Gasteiger charge is 2.21. The van der Waals surface area contributed by atoms with Gasteiger partial charge in [0.1, 0.15) is 0 Å². The van der Waals surface area contributed by atoms with Gasteiger partial charge in [-0.1, -0.05) is 12.1 Å². The average molecular weight is 261 g/mol. The first-order valence-corrected chi connectivity index (χ1v) is 6.08. The number of nitrogens with two attached hydrogens (primary N) is 1. The molecule has 1 aromatic heterocycles. The Morgan fingerprint density at radius 3 is 2.53 bits per heavy atom. The molecule has 1 aromatic carbocycles. The molecule has 1 unspecified atom stereocenters. The minimum Gasteiger partial charge on any atom is -0.354 e. The molecule has 19 heavy (non-hydrogen) atoms.